The summed E-state index contributed by atoms with van der Waals surface area (Å²) in [6.45, 7) is 3.74. The zero-order valence-corrected chi connectivity index (χ0v) is 12.5. The molecule has 2 aromatic rings. The van der Waals surface area contributed by atoms with Gasteiger partial charge >= 0.3 is 0 Å². The molecule has 1 aromatic heterocycles. The molecule has 0 aliphatic carbocycles. The van der Waals surface area contributed by atoms with Gasteiger partial charge in [-0.05, 0) is 53.9 Å². The Morgan fingerprint density at radius 2 is 2.15 bits per heavy atom. The van der Waals surface area contributed by atoms with Crippen LogP contribution in [-0.2, 0) is 6.42 Å². The van der Waals surface area contributed by atoms with Crippen molar-refractivity contribution in [3.8, 4) is 5.75 Å². The van der Waals surface area contributed by atoms with Gasteiger partial charge in [-0.3, -0.25) is 0 Å². The molecule has 1 atom stereocenters. The number of hydrogen-bond acceptors (Lipinski definition) is 4. The average Bonchev–Trinajstić information content (AvgIpc) is 2.96. The van der Waals surface area contributed by atoms with E-state index in [2.05, 4.69) is 22.1 Å². The first-order valence-corrected chi connectivity index (χ1v) is 7.78. The number of aliphatic hydroxyl groups is 1. The minimum Gasteiger partial charge on any atom is -0.491 e. The minimum absolute atomic E-state index is 0.316. The smallest absolute Gasteiger partial charge is 0.122 e. The van der Waals surface area contributed by atoms with E-state index in [-0.39, 0.29) is 0 Å². The molecule has 0 amide bonds. The van der Waals surface area contributed by atoms with Crippen LogP contribution in [0.4, 0.5) is 0 Å². The van der Waals surface area contributed by atoms with E-state index in [1.54, 1.807) is 11.3 Å². The number of thiophene rings is 1. The third-order valence-corrected chi connectivity index (χ3v) is 3.81. The lowest BCUT2D eigenvalue weighted by atomic mass is 10.2. The lowest BCUT2D eigenvalue weighted by molar-refractivity contribution is 0.106. The maximum Gasteiger partial charge on any atom is 0.122 e. The lowest BCUT2D eigenvalue weighted by Crippen LogP contribution is -2.32. The molecule has 4 heteroatoms. The number of ether oxygens (including phenoxy) is 1. The molecule has 0 aliphatic heterocycles. The standard InChI is InChI=1S/C16H21NO2S/c1-13-4-2-3-5-16(13)19-11-15(18)10-17-8-6-14-7-9-20-12-14/h2-5,7,9,12,15,17-18H,6,8,10-11H2,1H3. The predicted octanol–water partition coefficient (Wildman–Crippen LogP) is 2.63. The van der Waals surface area contributed by atoms with Gasteiger partial charge in [-0.25, -0.2) is 0 Å². The first kappa shape index (κ1) is 15.0. The maximum absolute atomic E-state index is 9.87. The fourth-order valence-corrected chi connectivity index (χ4v) is 2.60. The largest absolute Gasteiger partial charge is 0.491 e. The van der Waals surface area contributed by atoms with E-state index in [1.165, 1.54) is 5.56 Å². The normalized spacial score (nSPS) is 12.3. The summed E-state index contributed by atoms with van der Waals surface area (Å²) in [4.78, 5) is 0. The van der Waals surface area contributed by atoms with E-state index in [9.17, 15) is 5.11 Å². The molecule has 3 nitrogen and oxygen atoms in total. The number of hydrogen-bond donors (Lipinski definition) is 2. The predicted molar refractivity (Wildman–Crippen MR) is 83.6 cm³/mol. The van der Waals surface area contributed by atoms with Gasteiger partial charge in [0.2, 0.25) is 0 Å². The van der Waals surface area contributed by atoms with E-state index >= 15 is 0 Å². The van der Waals surface area contributed by atoms with Crippen LogP contribution in [0.2, 0.25) is 0 Å². The molecule has 0 saturated heterocycles. The molecule has 2 N–H and O–H groups in total. The van der Waals surface area contributed by atoms with Crippen LogP contribution in [0.1, 0.15) is 11.1 Å². The van der Waals surface area contributed by atoms with E-state index in [4.69, 9.17) is 4.74 Å². The Kier molecular flexibility index (Phi) is 6.05. The quantitative estimate of drug-likeness (QED) is 0.735. The van der Waals surface area contributed by atoms with Crippen LogP contribution in [0.5, 0.6) is 5.75 Å². The zero-order valence-electron chi connectivity index (χ0n) is 11.7. The highest BCUT2D eigenvalue weighted by Crippen LogP contribution is 2.16. The number of aliphatic hydroxyl groups excluding tert-OH is 1. The highest BCUT2D eigenvalue weighted by molar-refractivity contribution is 7.07. The van der Waals surface area contributed by atoms with Gasteiger partial charge in [0, 0.05) is 6.54 Å². The van der Waals surface area contributed by atoms with Gasteiger partial charge in [0.1, 0.15) is 18.5 Å². The van der Waals surface area contributed by atoms with Crippen molar-refractivity contribution in [2.45, 2.75) is 19.4 Å². The maximum atomic E-state index is 9.87. The summed E-state index contributed by atoms with van der Waals surface area (Å²) in [6.07, 6.45) is 0.506. The Balaban J connectivity index is 1.61. The SMILES string of the molecule is Cc1ccccc1OCC(O)CNCCc1ccsc1. The Bertz CT molecular complexity index is 499. The van der Waals surface area contributed by atoms with E-state index in [0.717, 1.165) is 24.3 Å². The third-order valence-electron chi connectivity index (χ3n) is 3.08. The van der Waals surface area contributed by atoms with Crippen molar-refractivity contribution in [1.29, 1.82) is 0 Å². The van der Waals surface area contributed by atoms with Crippen LogP contribution in [0.15, 0.2) is 41.1 Å². The molecule has 1 aromatic carbocycles. The second-order valence-electron chi connectivity index (χ2n) is 4.82. The minimum atomic E-state index is -0.489. The Morgan fingerprint density at radius 1 is 1.30 bits per heavy atom. The summed E-state index contributed by atoms with van der Waals surface area (Å²) in [5, 5.41) is 17.4. The number of rotatable bonds is 8. The van der Waals surface area contributed by atoms with Crippen molar-refractivity contribution in [1.82, 2.24) is 5.32 Å². The molecule has 0 fully saturated rings. The fraction of sp³-hybridized carbons (Fsp3) is 0.375. The van der Waals surface area contributed by atoms with Gasteiger partial charge < -0.3 is 15.2 Å². The molecule has 1 heterocycles. The van der Waals surface area contributed by atoms with Crippen molar-refractivity contribution < 1.29 is 9.84 Å². The van der Waals surface area contributed by atoms with Gasteiger partial charge in [-0.15, -0.1) is 0 Å². The van der Waals surface area contributed by atoms with Crippen LogP contribution in [-0.4, -0.2) is 30.9 Å². The van der Waals surface area contributed by atoms with Gasteiger partial charge in [-0.1, -0.05) is 18.2 Å². The van der Waals surface area contributed by atoms with Gasteiger partial charge in [0.25, 0.3) is 0 Å². The number of nitrogens with one attached hydrogen (secondary N) is 1. The molecule has 0 saturated carbocycles. The summed E-state index contributed by atoms with van der Waals surface area (Å²) in [5.41, 5.74) is 2.43. The highest BCUT2D eigenvalue weighted by Gasteiger charge is 2.06. The topological polar surface area (TPSA) is 41.5 Å². The molecular formula is C16H21NO2S. The van der Waals surface area contributed by atoms with Gasteiger partial charge in [0.15, 0.2) is 0 Å². The van der Waals surface area contributed by atoms with Crippen molar-refractivity contribution in [2.75, 3.05) is 19.7 Å². The second kappa shape index (κ2) is 8.04. The van der Waals surface area contributed by atoms with Crippen LogP contribution in [0, 0.1) is 6.92 Å². The number of para-hydroxylation sites is 1. The van der Waals surface area contributed by atoms with E-state index in [1.807, 2.05) is 31.2 Å². The van der Waals surface area contributed by atoms with Crippen molar-refractivity contribution in [2.24, 2.45) is 0 Å². The molecule has 0 aliphatic rings. The van der Waals surface area contributed by atoms with Crippen LogP contribution in [0.25, 0.3) is 0 Å². The Hall–Kier alpha value is -1.36. The van der Waals surface area contributed by atoms with E-state index in [0.29, 0.717) is 13.2 Å². The molecule has 0 radical (unpaired) electrons. The monoisotopic (exact) mass is 291 g/mol. The van der Waals surface area contributed by atoms with Crippen molar-refractivity contribution >= 4 is 11.3 Å². The van der Waals surface area contributed by atoms with E-state index < -0.39 is 6.10 Å². The van der Waals surface area contributed by atoms with Crippen LogP contribution >= 0.6 is 11.3 Å². The van der Waals surface area contributed by atoms with Crippen LogP contribution < -0.4 is 10.1 Å². The first-order valence-electron chi connectivity index (χ1n) is 6.84. The molecule has 0 bridgehead atoms. The third kappa shape index (κ3) is 4.96. The first-order chi connectivity index (χ1) is 9.75. The summed E-state index contributed by atoms with van der Waals surface area (Å²) in [7, 11) is 0. The molecule has 108 valence electrons. The molecule has 2 rings (SSSR count). The number of benzene rings is 1. The summed E-state index contributed by atoms with van der Waals surface area (Å²) in [6, 6.07) is 9.97. The summed E-state index contributed by atoms with van der Waals surface area (Å²) >= 11 is 1.71. The average molecular weight is 291 g/mol. The van der Waals surface area contributed by atoms with Crippen LogP contribution in [0.3, 0.4) is 0 Å². The molecule has 20 heavy (non-hydrogen) atoms. The summed E-state index contributed by atoms with van der Waals surface area (Å²) in [5.74, 6) is 0.838. The van der Waals surface area contributed by atoms with Gasteiger partial charge in [-0.2, -0.15) is 11.3 Å². The Morgan fingerprint density at radius 3 is 2.90 bits per heavy atom. The highest BCUT2D eigenvalue weighted by atomic mass is 32.1. The van der Waals surface area contributed by atoms with Crippen molar-refractivity contribution in [3.63, 3.8) is 0 Å². The Labute approximate surface area is 124 Å². The molecular weight excluding hydrogens is 270 g/mol. The lowest BCUT2D eigenvalue weighted by Gasteiger charge is -2.14. The van der Waals surface area contributed by atoms with Crippen molar-refractivity contribution in [3.05, 3.63) is 52.2 Å². The summed E-state index contributed by atoms with van der Waals surface area (Å²) < 4.78 is 5.61. The fourth-order valence-electron chi connectivity index (χ4n) is 1.90. The van der Waals surface area contributed by atoms with Gasteiger partial charge in [0.05, 0.1) is 0 Å². The number of aryl methyl sites for hydroxylation is 1. The zero-order chi connectivity index (χ0) is 14.2. The molecule has 0 spiro atoms. The molecule has 1 unspecified atom stereocenters. The second-order valence-corrected chi connectivity index (χ2v) is 5.60.